The average Bonchev–Trinajstić information content (AvgIpc) is 3.03. The van der Waals surface area contributed by atoms with Gasteiger partial charge in [-0.25, -0.2) is 0 Å². The Bertz CT molecular complexity index is 496. The molecule has 4 unspecified atom stereocenters. The van der Waals surface area contributed by atoms with Gasteiger partial charge in [0.2, 0.25) is 0 Å². The third-order valence-electron chi connectivity index (χ3n) is 5.53. The highest BCUT2D eigenvalue weighted by Crippen LogP contribution is 2.53. The molecule has 2 aliphatic carbocycles. The molecule has 1 aromatic carbocycles. The number of rotatable bonds is 4. The third kappa shape index (κ3) is 2.51. The summed E-state index contributed by atoms with van der Waals surface area (Å²) in [7, 11) is 0. The van der Waals surface area contributed by atoms with Crippen molar-refractivity contribution in [3.05, 3.63) is 33.8 Å². The van der Waals surface area contributed by atoms with Crippen LogP contribution in [0.15, 0.2) is 12.1 Å². The molecule has 0 saturated heterocycles. The fraction of sp³-hybridized carbons (Fsp3) is 0.667. The number of halogens is 1. The summed E-state index contributed by atoms with van der Waals surface area (Å²) in [5.74, 6) is 2.77. The molecule has 0 amide bonds. The quantitative estimate of drug-likeness (QED) is 0.819. The first-order valence-corrected chi connectivity index (χ1v) is 8.48. The van der Waals surface area contributed by atoms with Crippen LogP contribution in [0.2, 0.25) is 5.02 Å². The lowest BCUT2D eigenvalue weighted by Crippen LogP contribution is -2.32. The minimum atomic E-state index is 0.520. The van der Waals surface area contributed by atoms with Crippen molar-refractivity contribution in [2.75, 3.05) is 6.54 Å². The van der Waals surface area contributed by atoms with Crippen molar-refractivity contribution in [2.45, 2.75) is 52.5 Å². The van der Waals surface area contributed by atoms with E-state index in [9.17, 15) is 0 Å². The Labute approximate surface area is 128 Å². The Morgan fingerprint density at radius 3 is 2.60 bits per heavy atom. The van der Waals surface area contributed by atoms with Crippen LogP contribution in [0.1, 0.15) is 55.3 Å². The molecule has 1 nitrogen and oxygen atoms in total. The first-order valence-electron chi connectivity index (χ1n) is 8.10. The molecule has 1 aromatic rings. The Morgan fingerprint density at radius 2 is 2.00 bits per heavy atom. The number of hydrogen-bond acceptors (Lipinski definition) is 1. The van der Waals surface area contributed by atoms with Gasteiger partial charge in [-0.1, -0.05) is 31.0 Å². The zero-order valence-electron chi connectivity index (χ0n) is 12.9. The smallest absolute Gasteiger partial charge is 0.0438 e. The normalized spacial score (nSPS) is 29.9. The molecular weight excluding hydrogens is 266 g/mol. The topological polar surface area (TPSA) is 12.0 Å². The Hall–Kier alpha value is -0.530. The molecule has 0 spiro atoms. The molecule has 1 N–H and O–H groups in total. The molecule has 2 heteroatoms. The second-order valence-electron chi connectivity index (χ2n) is 6.83. The highest BCUT2D eigenvalue weighted by molar-refractivity contribution is 6.31. The molecule has 2 bridgehead atoms. The molecule has 2 saturated carbocycles. The van der Waals surface area contributed by atoms with Crippen molar-refractivity contribution in [3.8, 4) is 0 Å². The predicted molar refractivity (Wildman–Crippen MR) is 86.3 cm³/mol. The van der Waals surface area contributed by atoms with E-state index in [1.165, 1.54) is 42.4 Å². The molecule has 4 atom stereocenters. The van der Waals surface area contributed by atoms with E-state index in [2.05, 4.69) is 38.2 Å². The van der Waals surface area contributed by atoms with Crippen LogP contribution in [-0.2, 0) is 0 Å². The molecular formula is C18H26ClN. The molecule has 0 heterocycles. The van der Waals surface area contributed by atoms with Crippen molar-refractivity contribution in [1.82, 2.24) is 5.32 Å². The first-order chi connectivity index (χ1) is 9.60. The number of nitrogens with one attached hydrogen (secondary N) is 1. The van der Waals surface area contributed by atoms with Crippen LogP contribution in [0.25, 0.3) is 0 Å². The molecule has 110 valence electrons. The maximum atomic E-state index is 6.27. The van der Waals surface area contributed by atoms with Gasteiger partial charge in [0.15, 0.2) is 0 Å². The van der Waals surface area contributed by atoms with E-state index in [4.69, 9.17) is 11.6 Å². The summed E-state index contributed by atoms with van der Waals surface area (Å²) in [5.41, 5.74) is 4.03. The summed E-state index contributed by atoms with van der Waals surface area (Å²) in [5, 5.41) is 4.67. The zero-order valence-corrected chi connectivity index (χ0v) is 13.6. The van der Waals surface area contributed by atoms with E-state index in [1.54, 1.807) is 0 Å². The third-order valence-corrected chi connectivity index (χ3v) is 5.93. The van der Waals surface area contributed by atoms with Crippen LogP contribution in [0, 0.1) is 31.6 Å². The Morgan fingerprint density at radius 1 is 1.20 bits per heavy atom. The van der Waals surface area contributed by atoms with Crippen LogP contribution in [0.3, 0.4) is 0 Å². The van der Waals surface area contributed by atoms with Gasteiger partial charge in [0, 0.05) is 11.1 Å². The number of aryl methyl sites for hydroxylation is 2. The van der Waals surface area contributed by atoms with E-state index >= 15 is 0 Å². The SMILES string of the molecule is CCNC(c1cc(C)c(Cl)cc1C)C1CC2CCC1C2. The summed E-state index contributed by atoms with van der Waals surface area (Å²) >= 11 is 6.27. The Kier molecular flexibility index (Phi) is 4.10. The number of fused-ring (bicyclic) bond motifs is 2. The second-order valence-corrected chi connectivity index (χ2v) is 7.24. The monoisotopic (exact) mass is 291 g/mol. The maximum Gasteiger partial charge on any atom is 0.0438 e. The molecule has 2 fully saturated rings. The van der Waals surface area contributed by atoms with E-state index in [0.29, 0.717) is 6.04 Å². The standard InChI is InChI=1S/C18H26ClN/c1-4-20-18(16-10-13-5-6-14(16)9-13)15-7-12(3)17(19)8-11(15)2/h7-8,13-14,16,18,20H,4-6,9-10H2,1-3H3. The average molecular weight is 292 g/mol. The van der Waals surface area contributed by atoms with Gasteiger partial charge in [0.25, 0.3) is 0 Å². The molecule has 3 rings (SSSR count). The van der Waals surface area contributed by atoms with Gasteiger partial charge in [-0.15, -0.1) is 0 Å². The maximum absolute atomic E-state index is 6.27. The second kappa shape index (κ2) is 5.69. The molecule has 2 aliphatic rings. The number of benzene rings is 1. The fourth-order valence-corrected chi connectivity index (χ4v) is 4.77. The van der Waals surface area contributed by atoms with Gasteiger partial charge in [-0.05, 0) is 80.2 Å². The van der Waals surface area contributed by atoms with E-state index in [1.807, 2.05) is 0 Å². The van der Waals surface area contributed by atoms with Crippen LogP contribution < -0.4 is 5.32 Å². The van der Waals surface area contributed by atoms with Crippen molar-refractivity contribution in [2.24, 2.45) is 17.8 Å². The highest BCUT2D eigenvalue weighted by atomic mass is 35.5. The largest absolute Gasteiger partial charge is 0.310 e. The lowest BCUT2D eigenvalue weighted by atomic mass is 9.79. The van der Waals surface area contributed by atoms with Crippen LogP contribution >= 0.6 is 11.6 Å². The van der Waals surface area contributed by atoms with E-state index in [0.717, 1.165) is 29.3 Å². The van der Waals surface area contributed by atoms with Gasteiger partial charge in [0.1, 0.15) is 0 Å². The van der Waals surface area contributed by atoms with Gasteiger partial charge in [-0.2, -0.15) is 0 Å². The molecule has 0 aromatic heterocycles. The molecule has 0 aliphatic heterocycles. The van der Waals surface area contributed by atoms with E-state index in [-0.39, 0.29) is 0 Å². The van der Waals surface area contributed by atoms with Gasteiger partial charge < -0.3 is 5.32 Å². The van der Waals surface area contributed by atoms with Gasteiger partial charge in [0.05, 0.1) is 0 Å². The predicted octanol–water partition coefficient (Wildman–Crippen LogP) is 5.04. The van der Waals surface area contributed by atoms with Crippen LogP contribution in [0.5, 0.6) is 0 Å². The van der Waals surface area contributed by atoms with Crippen molar-refractivity contribution < 1.29 is 0 Å². The van der Waals surface area contributed by atoms with Crippen LogP contribution in [0.4, 0.5) is 0 Å². The minimum absolute atomic E-state index is 0.520. The summed E-state index contributed by atoms with van der Waals surface area (Å²) < 4.78 is 0. The molecule has 0 radical (unpaired) electrons. The van der Waals surface area contributed by atoms with Gasteiger partial charge >= 0.3 is 0 Å². The minimum Gasteiger partial charge on any atom is -0.310 e. The van der Waals surface area contributed by atoms with Gasteiger partial charge in [-0.3, -0.25) is 0 Å². The summed E-state index contributed by atoms with van der Waals surface area (Å²) in [6, 6.07) is 4.98. The zero-order chi connectivity index (χ0) is 14.3. The number of hydrogen-bond donors (Lipinski definition) is 1. The first kappa shape index (κ1) is 14.4. The van der Waals surface area contributed by atoms with E-state index < -0.39 is 0 Å². The Balaban J connectivity index is 1.92. The van der Waals surface area contributed by atoms with Crippen molar-refractivity contribution in [1.29, 1.82) is 0 Å². The summed E-state index contributed by atoms with van der Waals surface area (Å²) in [4.78, 5) is 0. The fourth-order valence-electron chi connectivity index (χ4n) is 4.55. The van der Waals surface area contributed by atoms with Crippen molar-refractivity contribution >= 4 is 11.6 Å². The summed E-state index contributed by atoms with van der Waals surface area (Å²) in [6.45, 7) is 7.59. The highest BCUT2D eigenvalue weighted by Gasteiger charge is 2.43. The lowest BCUT2D eigenvalue weighted by molar-refractivity contribution is 0.252. The van der Waals surface area contributed by atoms with Crippen LogP contribution in [-0.4, -0.2) is 6.54 Å². The summed E-state index contributed by atoms with van der Waals surface area (Å²) in [6.07, 6.45) is 5.81. The lowest BCUT2D eigenvalue weighted by Gasteiger charge is -2.33. The van der Waals surface area contributed by atoms with Crippen molar-refractivity contribution in [3.63, 3.8) is 0 Å². The molecule has 20 heavy (non-hydrogen) atoms.